The first-order chi connectivity index (χ1) is 17.6. The summed E-state index contributed by atoms with van der Waals surface area (Å²) >= 11 is 0. The maximum atomic E-state index is 11.5. The Hall–Kier alpha value is -2.10. The molecule has 0 bridgehead atoms. The molecule has 1 aromatic carbocycles. The fourth-order valence-corrected chi connectivity index (χ4v) is 4.80. The lowest BCUT2D eigenvalue weighted by Crippen LogP contribution is -1.99. The van der Waals surface area contributed by atoms with Gasteiger partial charge in [0.2, 0.25) is 0 Å². The van der Waals surface area contributed by atoms with Crippen molar-refractivity contribution in [2.24, 2.45) is 0 Å². The lowest BCUT2D eigenvalue weighted by molar-refractivity contribution is -0.137. The predicted octanol–water partition coefficient (Wildman–Crippen LogP) is 9.82. The maximum Gasteiger partial charge on any atom is 0.335 e. The minimum absolute atomic E-state index is 0.327. The molecule has 0 amide bonds. The van der Waals surface area contributed by atoms with E-state index in [0.717, 1.165) is 31.2 Å². The first kappa shape index (κ1) is 31.9. The Kier molecular flexibility index (Phi) is 20.7. The van der Waals surface area contributed by atoms with Gasteiger partial charge in [-0.2, -0.15) is 0 Å². The number of hydrogen-bond acceptors (Lipinski definition) is 2. The fraction of sp³-hybridized carbons (Fsp3) is 0.688. The van der Waals surface area contributed by atoms with Gasteiger partial charge in [-0.15, -0.1) is 0 Å². The van der Waals surface area contributed by atoms with Crippen molar-refractivity contribution in [3.8, 4) is 0 Å². The van der Waals surface area contributed by atoms with Gasteiger partial charge in [-0.25, -0.2) is 4.79 Å². The van der Waals surface area contributed by atoms with Crippen LogP contribution in [0.2, 0.25) is 0 Å². The van der Waals surface area contributed by atoms with Crippen LogP contribution in [0.15, 0.2) is 36.4 Å². The Morgan fingerprint density at radius 2 is 0.889 bits per heavy atom. The number of aliphatic carboxylic acids is 2. The zero-order valence-electron chi connectivity index (χ0n) is 22.7. The molecule has 0 fully saturated rings. The predicted molar refractivity (Wildman–Crippen MR) is 151 cm³/mol. The summed E-state index contributed by atoms with van der Waals surface area (Å²) in [7, 11) is 0. The molecule has 36 heavy (non-hydrogen) atoms. The van der Waals surface area contributed by atoms with Crippen LogP contribution in [0, 0.1) is 0 Å². The van der Waals surface area contributed by atoms with Crippen LogP contribution in [0.1, 0.15) is 147 Å². The van der Waals surface area contributed by atoms with Gasteiger partial charge >= 0.3 is 11.9 Å². The second-order valence-corrected chi connectivity index (χ2v) is 10.3. The monoisotopic (exact) mass is 500 g/mol. The van der Waals surface area contributed by atoms with E-state index in [4.69, 9.17) is 5.11 Å². The van der Waals surface area contributed by atoms with Gasteiger partial charge in [0.25, 0.3) is 0 Å². The van der Waals surface area contributed by atoms with E-state index in [1.54, 1.807) is 0 Å². The molecule has 4 nitrogen and oxygen atoms in total. The molecular weight excluding hydrogens is 448 g/mol. The Bertz CT molecular complexity index is 695. The van der Waals surface area contributed by atoms with E-state index in [1.807, 2.05) is 36.4 Å². The van der Waals surface area contributed by atoms with E-state index in [-0.39, 0.29) is 0 Å². The summed E-state index contributed by atoms with van der Waals surface area (Å²) in [5.41, 5.74) is 1.22. The second-order valence-electron chi connectivity index (χ2n) is 10.3. The molecule has 1 aromatic rings. The summed E-state index contributed by atoms with van der Waals surface area (Å²) < 4.78 is 0. The minimum Gasteiger partial charge on any atom is -0.481 e. The highest BCUT2D eigenvalue weighted by Crippen LogP contribution is 2.18. The summed E-state index contributed by atoms with van der Waals surface area (Å²) in [5.74, 6) is -1.50. The van der Waals surface area contributed by atoms with Crippen LogP contribution < -0.4 is 0 Å². The van der Waals surface area contributed by atoms with Crippen molar-refractivity contribution in [3.63, 3.8) is 0 Å². The van der Waals surface area contributed by atoms with Crippen molar-refractivity contribution in [2.75, 3.05) is 0 Å². The molecule has 1 rings (SSSR count). The molecule has 0 saturated carbocycles. The largest absolute Gasteiger partial charge is 0.481 e. The van der Waals surface area contributed by atoms with Crippen LogP contribution in [0.5, 0.6) is 0 Å². The molecule has 0 heterocycles. The standard InChI is InChI=1S/C32H52O4/c33-31(34)28-24-19-17-15-13-11-9-7-5-3-1-2-4-6-8-10-12-14-16-18-23-27-30(32(35)36)29-25-21-20-22-26-29/h20-22,25-27H,1-19,23-24,28H2,(H,33,34)(H,35,36). The topological polar surface area (TPSA) is 74.6 Å². The molecule has 0 spiro atoms. The zero-order valence-corrected chi connectivity index (χ0v) is 22.7. The smallest absolute Gasteiger partial charge is 0.335 e. The number of carbonyl (C=O) groups is 2. The van der Waals surface area contributed by atoms with E-state index < -0.39 is 11.9 Å². The average molecular weight is 501 g/mol. The van der Waals surface area contributed by atoms with Crippen LogP contribution in [0.3, 0.4) is 0 Å². The molecule has 4 heteroatoms. The minimum atomic E-state index is -0.837. The van der Waals surface area contributed by atoms with Gasteiger partial charge in [-0.3, -0.25) is 4.79 Å². The highest BCUT2D eigenvalue weighted by Gasteiger charge is 2.08. The molecule has 0 atom stereocenters. The number of carboxylic acid groups (broad SMARTS) is 2. The lowest BCUT2D eigenvalue weighted by Gasteiger charge is -2.04. The van der Waals surface area contributed by atoms with E-state index in [9.17, 15) is 14.7 Å². The Labute approximate surface area is 220 Å². The van der Waals surface area contributed by atoms with Crippen LogP contribution in [0.25, 0.3) is 5.57 Å². The summed E-state index contributed by atoms with van der Waals surface area (Å²) in [6.07, 6.45) is 28.6. The summed E-state index contributed by atoms with van der Waals surface area (Å²) in [6, 6.07) is 9.40. The highest BCUT2D eigenvalue weighted by molar-refractivity contribution is 6.15. The number of rotatable bonds is 25. The first-order valence-electron chi connectivity index (χ1n) is 14.8. The number of unbranched alkanes of at least 4 members (excludes halogenated alkanes) is 20. The van der Waals surface area contributed by atoms with Gasteiger partial charge in [-0.05, 0) is 24.8 Å². The van der Waals surface area contributed by atoms with Gasteiger partial charge in [0.05, 0.1) is 5.57 Å². The second kappa shape index (κ2) is 23.3. The first-order valence-corrected chi connectivity index (χ1v) is 14.8. The highest BCUT2D eigenvalue weighted by atomic mass is 16.4. The Morgan fingerprint density at radius 1 is 0.528 bits per heavy atom. The summed E-state index contributed by atoms with van der Waals surface area (Å²) in [6.45, 7) is 0. The maximum absolute atomic E-state index is 11.5. The van der Waals surface area contributed by atoms with Gasteiger partial charge < -0.3 is 10.2 Å². The van der Waals surface area contributed by atoms with Gasteiger partial charge in [0.15, 0.2) is 0 Å². The van der Waals surface area contributed by atoms with Crippen molar-refractivity contribution >= 4 is 17.5 Å². The molecule has 0 aliphatic rings. The van der Waals surface area contributed by atoms with E-state index in [2.05, 4.69) is 0 Å². The van der Waals surface area contributed by atoms with Crippen LogP contribution in [-0.2, 0) is 9.59 Å². The van der Waals surface area contributed by atoms with Crippen molar-refractivity contribution in [2.45, 2.75) is 141 Å². The normalized spacial score (nSPS) is 11.6. The van der Waals surface area contributed by atoms with Crippen molar-refractivity contribution < 1.29 is 19.8 Å². The van der Waals surface area contributed by atoms with Crippen LogP contribution in [0.4, 0.5) is 0 Å². The van der Waals surface area contributed by atoms with Crippen molar-refractivity contribution in [3.05, 3.63) is 42.0 Å². The van der Waals surface area contributed by atoms with Crippen LogP contribution >= 0.6 is 0 Å². The van der Waals surface area contributed by atoms with Gasteiger partial charge in [-0.1, -0.05) is 152 Å². The van der Waals surface area contributed by atoms with Gasteiger partial charge in [0.1, 0.15) is 0 Å². The molecular formula is C32H52O4. The van der Waals surface area contributed by atoms with Crippen LogP contribution in [-0.4, -0.2) is 22.2 Å². The van der Waals surface area contributed by atoms with E-state index in [0.29, 0.717) is 12.0 Å². The van der Waals surface area contributed by atoms with Crippen molar-refractivity contribution in [1.82, 2.24) is 0 Å². The Balaban J connectivity index is 1.80. The average Bonchev–Trinajstić information content (AvgIpc) is 2.86. The lowest BCUT2D eigenvalue weighted by atomic mass is 10.0. The molecule has 0 saturated heterocycles. The Morgan fingerprint density at radius 3 is 1.25 bits per heavy atom. The molecule has 204 valence electrons. The van der Waals surface area contributed by atoms with Gasteiger partial charge in [0, 0.05) is 6.42 Å². The number of allylic oxidation sites excluding steroid dienone is 1. The van der Waals surface area contributed by atoms with Crippen molar-refractivity contribution in [1.29, 1.82) is 0 Å². The van der Waals surface area contributed by atoms with E-state index >= 15 is 0 Å². The third kappa shape index (κ3) is 19.1. The SMILES string of the molecule is O=C(O)CCCCCCCCCCCCCCCCCCCCCCC=C(C(=O)O)c1ccccc1. The third-order valence-corrected chi connectivity index (χ3v) is 7.01. The quantitative estimate of drug-likeness (QED) is 0.103. The number of carboxylic acids is 2. The summed E-state index contributed by atoms with van der Waals surface area (Å²) in [4.78, 5) is 21.9. The molecule has 0 aliphatic carbocycles. The third-order valence-electron chi connectivity index (χ3n) is 7.01. The molecule has 0 radical (unpaired) electrons. The molecule has 0 aromatic heterocycles. The number of benzene rings is 1. The molecule has 2 N–H and O–H groups in total. The zero-order chi connectivity index (χ0) is 26.1. The molecule has 0 unspecified atom stereocenters. The molecule has 0 aliphatic heterocycles. The van der Waals surface area contributed by atoms with E-state index in [1.165, 1.54) is 109 Å². The fourth-order valence-electron chi connectivity index (χ4n) is 4.80. The summed E-state index contributed by atoms with van der Waals surface area (Å²) in [5, 5.41) is 18.0. The number of hydrogen-bond donors (Lipinski definition) is 2.